The molecule has 0 amide bonds. The standard InChI is InChI=1S/C25H15Cl6N3/c26-24(27,28)22-32-21(33-23(34-22)25(29,30)31)20-14-10-17(11-15-20)7-6-16-8-12-19(13-9-16)18-4-2-1-3-5-18/h1-15H. The van der Waals surface area contributed by atoms with Gasteiger partial charge in [-0.25, -0.2) is 15.0 Å². The molecule has 9 heteroatoms. The molecule has 0 saturated heterocycles. The van der Waals surface area contributed by atoms with Crippen LogP contribution in [0, 0.1) is 0 Å². The van der Waals surface area contributed by atoms with Gasteiger partial charge in [0.1, 0.15) is 0 Å². The third kappa shape index (κ3) is 6.42. The Morgan fingerprint density at radius 2 is 0.882 bits per heavy atom. The number of aromatic nitrogens is 3. The molecular formula is C25H15Cl6N3. The Kier molecular flexibility index (Phi) is 7.73. The Bertz CT molecular complexity index is 1260. The van der Waals surface area contributed by atoms with Gasteiger partial charge in [-0.3, -0.25) is 0 Å². The lowest BCUT2D eigenvalue weighted by atomic mass is 10.0. The Morgan fingerprint density at radius 3 is 1.32 bits per heavy atom. The van der Waals surface area contributed by atoms with E-state index < -0.39 is 7.59 Å². The first-order valence-electron chi connectivity index (χ1n) is 9.94. The molecule has 0 aliphatic heterocycles. The van der Waals surface area contributed by atoms with Gasteiger partial charge in [-0.2, -0.15) is 0 Å². The van der Waals surface area contributed by atoms with Crippen molar-refractivity contribution in [1.82, 2.24) is 15.0 Å². The largest absolute Gasteiger partial charge is 0.250 e. The van der Waals surface area contributed by atoms with Gasteiger partial charge in [0.25, 0.3) is 0 Å². The summed E-state index contributed by atoms with van der Waals surface area (Å²) in [5.41, 5.74) is 5.07. The lowest BCUT2D eigenvalue weighted by Crippen LogP contribution is -2.16. The predicted octanol–water partition coefficient (Wildman–Crippen LogP) is 9.03. The molecule has 0 unspecified atom stereocenters. The van der Waals surface area contributed by atoms with E-state index in [-0.39, 0.29) is 17.5 Å². The summed E-state index contributed by atoms with van der Waals surface area (Å²) in [5.74, 6) is -0.0387. The molecule has 0 aliphatic rings. The molecule has 3 aromatic carbocycles. The number of nitrogens with zero attached hydrogens (tertiary/aromatic N) is 3. The highest BCUT2D eigenvalue weighted by Gasteiger charge is 2.34. The van der Waals surface area contributed by atoms with Crippen LogP contribution in [0.5, 0.6) is 0 Å². The topological polar surface area (TPSA) is 38.7 Å². The van der Waals surface area contributed by atoms with Crippen molar-refractivity contribution in [2.75, 3.05) is 0 Å². The number of benzene rings is 3. The predicted molar refractivity (Wildman–Crippen MR) is 145 cm³/mol. The van der Waals surface area contributed by atoms with Crippen LogP contribution in [0.2, 0.25) is 0 Å². The zero-order chi connectivity index (χ0) is 24.3. The molecule has 0 atom stereocenters. The molecule has 0 fully saturated rings. The minimum absolute atomic E-state index is 0.133. The monoisotopic (exact) mass is 567 g/mol. The van der Waals surface area contributed by atoms with E-state index in [9.17, 15) is 0 Å². The van der Waals surface area contributed by atoms with E-state index in [0.717, 1.165) is 11.1 Å². The molecule has 4 rings (SSSR count). The summed E-state index contributed by atoms with van der Waals surface area (Å²) in [6.07, 6.45) is 4.04. The Morgan fingerprint density at radius 1 is 0.471 bits per heavy atom. The van der Waals surface area contributed by atoms with Crippen molar-refractivity contribution in [3.63, 3.8) is 0 Å². The van der Waals surface area contributed by atoms with Crippen LogP contribution in [-0.4, -0.2) is 15.0 Å². The molecule has 34 heavy (non-hydrogen) atoms. The summed E-state index contributed by atoms with van der Waals surface area (Å²) in [6.45, 7) is 0. The summed E-state index contributed by atoms with van der Waals surface area (Å²) in [6, 6.07) is 26.1. The van der Waals surface area contributed by atoms with E-state index in [2.05, 4.69) is 51.4 Å². The van der Waals surface area contributed by atoms with Gasteiger partial charge in [0.05, 0.1) is 0 Å². The Labute approximate surface area is 227 Å². The highest BCUT2D eigenvalue weighted by Crippen LogP contribution is 2.40. The SMILES string of the molecule is ClC(Cl)(Cl)c1nc(-c2ccc(C=Cc3ccc(-c4ccccc4)cc3)cc2)nc(C(Cl)(Cl)Cl)n1. The van der Waals surface area contributed by atoms with Crippen molar-refractivity contribution in [3.8, 4) is 22.5 Å². The third-order valence-corrected chi connectivity index (χ3v) is 5.81. The average Bonchev–Trinajstić information content (AvgIpc) is 2.82. The van der Waals surface area contributed by atoms with Crippen LogP contribution in [0.25, 0.3) is 34.7 Å². The summed E-state index contributed by atoms with van der Waals surface area (Å²) in [5, 5.41) is 0. The summed E-state index contributed by atoms with van der Waals surface area (Å²) >= 11 is 35.7. The van der Waals surface area contributed by atoms with Crippen LogP contribution in [0.4, 0.5) is 0 Å². The van der Waals surface area contributed by atoms with Gasteiger partial charge in [0, 0.05) is 5.56 Å². The highest BCUT2D eigenvalue weighted by atomic mass is 35.6. The van der Waals surface area contributed by atoms with Crippen molar-refractivity contribution < 1.29 is 0 Å². The molecule has 1 aromatic heterocycles. The summed E-state index contributed by atoms with van der Waals surface area (Å²) < 4.78 is -3.80. The van der Waals surface area contributed by atoms with Gasteiger partial charge in [-0.1, -0.05) is 161 Å². The molecule has 0 saturated carbocycles. The quantitative estimate of drug-likeness (QED) is 0.182. The van der Waals surface area contributed by atoms with Crippen molar-refractivity contribution in [2.24, 2.45) is 0 Å². The molecule has 0 bridgehead atoms. The molecule has 1 heterocycles. The number of rotatable bonds is 4. The second-order valence-corrected chi connectivity index (χ2v) is 11.8. The van der Waals surface area contributed by atoms with Crippen LogP contribution in [-0.2, 0) is 7.59 Å². The number of hydrogen-bond donors (Lipinski definition) is 0. The van der Waals surface area contributed by atoms with E-state index in [1.807, 2.05) is 54.6 Å². The minimum Gasteiger partial charge on any atom is -0.209 e. The van der Waals surface area contributed by atoms with Crippen molar-refractivity contribution >= 4 is 81.8 Å². The van der Waals surface area contributed by atoms with E-state index >= 15 is 0 Å². The molecule has 0 spiro atoms. The molecule has 0 aliphatic carbocycles. The van der Waals surface area contributed by atoms with Gasteiger partial charge < -0.3 is 0 Å². The van der Waals surface area contributed by atoms with E-state index in [0.29, 0.717) is 5.56 Å². The van der Waals surface area contributed by atoms with E-state index in [1.54, 1.807) is 0 Å². The molecule has 172 valence electrons. The maximum absolute atomic E-state index is 5.95. The van der Waals surface area contributed by atoms with Crippen molar-refractivity contribution in [3.05, 3.63) is 102 Å². The van der Waals surface area contributed by atoms with E-state index in [4.69, 9.17) is 69.6 Å². The van der Waals surface area contributed by atoms with Gasteiger partial charge in [0.15, 0.2) is 17.5 Å². The molecule has 0 N–H and O–H groups in total. The second kappa shape index (κ2) is 10.4. The van der Waals surface area contributed by atoms with Gasteiger partial charge in [0.2, 0.25) is 7.59 Å². The maximum Gasteiger partial charge on any atom is 0.250 e. The zero-order valence-corrected chi connectivity index (χ0v) is 21.8. The normalized spacial score (nSPS) is 12.3. The number of alkyl halides is 6. The average molecular weight is 570 g/mol. The fourth-order valence-electron chi connectivity index (χ4n) is 3.11. The highest BCUT2D eigenvalue weighted by molar-refractivity contribution is 6.67. The van der Waals surface area contributed by atoms with Gasteiger partial charge in [-0.05, 0) is 22.3 Å². The Hall–Kier alpha value is -1.85. The van der Waals surface area contributed by atoms with Crippen LogP contribution in [0.15, 0.2) is 78.9 Å². The summed E-state index contributed by atoms with van der Waals surface area (Å²) in [4.78, 5) is 12.4. The van der Waals surface area contributed by atoms with Crippen molar-refractivity contribution in [1.29, 1.82) is 0 Å². The van der Waals surface area contributed by atoms with Crippen molar-refractivity contribution in [2.45, 2.75) is 7.59 Å². The summed E-state index contributed by atoms with van der Waals surface area (Å²) in [7, 11) is 0. The first-order valence-corrected chi connectivity index (χ1v) is 12.2. The number of halogens is 6. The fraction of sp³-hybridized carbons (Fsp3) is 0.0800. The maximum atomic E-state index is 5.95. The number of hydrogen-bond acceptors (Lipinski definition) is 3. The van der Waals surface area contributed by atoms with Crippen LogP contribution >= 0.6 is 69.6 Å². The van der Waals surface area contributed by atoms with Crippen LogP contribution < -0.4 is 0 Å². The lowest BCUT2D eigenvalue weighted by molar-refractivity contribution is 0.851. The smallest absolute Gasteiger partial charge is 0.209 e. The van der Waals surface area contributed by atoms with Gasteiger partial charge in [-0.15, -0.1) is 0 Å². The Balaban J connectivity index is 1.55. The lowest BCUT2D eigenvalue weighted by Gasteiger charge is -2.15. The molecule has 4 aromatic rings. The van der Waals surface area contributed by atoms with Gasteiger partial charge >= 0.3 is 0 Å². The van der Waals surface area contributed by atoms with Crippen LogP contribution in [0.1, 0.15) is 22.8 Å². The fourth-order valence-corrected chi connectivity index (χ4v) is 3.62. The molecule has 3 nitrogen and oxygen atoms in total. The first kappa shape index (κ1) is 25.2. The third-order valence-electron chi connectivity index (χ3n) is 4.80. The first-order chi connectivity index (χ1) is 16.1. The zero-order valence-electron chi connectivity index (χ0n) is 17.3. The minimum atomic E-state index is -1.90. The van der Waals surface area contributed by atoms with Crippen LogP contribution in [0.3, 0.4) is 0 Å². The molecular weight excluding hydrogens is 555 g/mol. The molecule has 0 radical (unpaired) electrons. The van der Waals surface area contributed by atoms with E-state index in [1.165, 1.54) is 11.1 Å². The second-order valence-electron chi connectivity index (χ2n) is 7.25.